The molecule has 3 rings (SSSR count). The maximum atomic E-state index is 12.3. The summed E-state index contributed by atoms with van der Waals surface area (Å²) in [6.07, 6.45) is 1.93. The third-order valence-corrected chi connectivity index (χ3v) is 3.95. The second kappa shape index (κ2) is 6.20. The van der Waals surface area contributed by atoms with Crippen LogP contribution in [0, 0.1) is 5.92 Å². The van der Waals surface area contributed by atoms with Crippen LogP contribution in [0.4, 0.5) is 0 Å². The van der Waals surface area contributed by atoms with Gasteiger partial charge in [-0.15, -0.1) is 5.10 Å². The number of carbonyl (C=O) groups is 1. The van der Waals surface area contributed by atoms with Gasteiger partial charge in [-0.3, -0.25) is 4.79 Å². The van der Waals surface area contributed by atoms with Crippen LogP contribution in [-0.4, -0.2) is 55.1 Å². The molecule has 1 aromatic heterocycles. The monoisotopic (exact) mass is 303 g/mol. The second-order valence-electron chi connectivity index (χ2n) is 5.46. The average Bonchev–Trinajstić information content (AvgIpc) is 3.17. The smallest absolute Gasteiger partial charge is 0.251 e. The molecular weight excluding hydrogens is 286 g/mol. The summed E-state index contributed by atoms with van der Waals surface area (Å²) < 4.78 is 1.47. The molecule has 22 heavy (non-hydrogen) atoms. The zero-order valence-corrected chi connectivity index (χ0v) is 11.8. The zero-order valence-electron chi connectivity index (χ0n) is 11.8. The summed E-state index contributed by atoms with van der Waals surface area (Å²) in [5.74, 6) is -0.386. The van der Waals surface area contributed by atoms with Gasteiger partial charge in [-0.25, -0.2) is 4.68 Å². The molecule has 1 aromatic carbocycles. The van der Waals surface area contributed by atoms with Crippen LogP contribution in [0.5, 0.6) is 0 Å². The molecule has 0 saturated heterocycles. The molecule has 0 spiro atoms. The summed E-state index contributed by atoms with van der Waals surface area (Å²) in [5.41, 5.74) is 1.19. The Balaban J connectivity index is 1.69. The molecule has 1 saturated carbocycles. The van der Waals surface area contributed by atoms with E-state index in [0.29, 0.717) is 24.1 Å². The zero-order chi connectivity index (χ0) is 15.5. The Morgan fingerprint density at radius 1 is 1.41 bits per heavy atom. The lowest BCUT2D eigenvalue weighted by Crippen LogP contribution is -2.33. The van der Waals surface area contributed by atoms with E-state index in [1.54, 1.807) is 24.3 Å². The molecule has 0 aliphatic heterocycles. The number of nitrogens with zero attached hydrogens (tertiary/aromatic N) is 4. The molecular formula is C14H17N5O3. The highest BCUT2D eigenvalue weighted by Crippen LogP contribution is 2.26. The summed E-state index contributed by atoms with van der Waals surface area (Å²) in [6.45, 7) is -0.0671. The lowest BCUT2D eigenvalue weighted by atomic mass is 10.1. The van der Waals surface area contributed by atoms with E-state index in [9.17, 15) is 9.90 Å². The number of aliphatic hydroxyl groups excluding tert-OH is 2. The van der Waals surface area contributed by atoms with Gasteiger partial charge in [-0.2, -0.15) is 0 Å². The second-order valence-corrected chi connectivity index (χ2v) is 5.46. The molecule has 0 radical (unpaired) electrons. The van der Waals surface area contributed by atoms with Gasteiger partial charge in [0, 0.05) is 24.1 Å². The van der Waals surface area contributed by atoms with Gasteiger partial charge in [0.15, 0.2) is 0 Å². The van der Waals surface area contributed by atoms with E-state index in [0.717, 1.165) is 0 Å². The van der Waals surface area contributed by atoms with Gasteiger partial charge in [-0.05, 0) is 41.5 Å². The number of nitrogens with one attached hydrogen (secondary N) is 1. The molecule has 1 fully saturated rings. The van der Waals surface area contributed by atoms with Crippen molar-refractivity contribution < 1.29 is 15.0 Å². The van der Waals surface area contributed by atoms with Crippen LogP contribution in [0.15, 0.2) is 30.6 Å². The van der Waals surface area contributed by atoms with Crippen molar-refractivity contribution in [2.75, 3.05) is 6.61 Å². The highest BCUT2D eigenvalue weighted by Gasteiger charge is 2.33. The highest BCUT2D eigenvalue weighted by molar-refractivity contribution is 5.94. The summed E-state index contributed by atoms with van der Waals surface area (Å²) in [4.78, 5) is 12.3. The predicted molar refractivity (Wildman–Crippen MR) is 76.2 cm³/mol. The van der Waals surface area contributed by atoms with Crippen LogP contribution in [0.3, 0.4) is 0 Å². The standard InChI is InChI=1S/C14H17N5O3/c20-7-10-4-11(6-13(10)21)16-14(22)9-2-1-3-12(5-9)19-8-15-17-18-19/h1-3,5,8,10-11,13,20-21H,4,6-7H2,(H,16,22)/t10-,11-,13-/m1/s1. The molecule has 0 unspecified atom stereocenters. The van der Waals surface area contributed by atoms with Crippen molar-refractivity contribution in [1.29, 1.82) is 0 Å². The summed E-state index contributed by atoms with van der Waals surface area (Å²) in [6, 6.07) is 6.83. The van der Waals surface area contributed by atoms with Crippen LogP contribution in [-0.2, 0) is 0 Å². The first kappa shape index (κ1) is 14.6. The fraction of sp³-hybridized carbons (Fsp3) is 0.429. The Morgan fingerprint density at radius 2 is 2.27 bits per heavy atom. The number of hydrogen-bond acceptors (Lipinski definition) is 6. The molecule has 116 valence electrons. The number of aromatic nitrogens is 4. The minimum Gasteiger partial charge on any atom is -0.396 e. The van der Waals surface area contributed by atoms with Crippen molar-refractivity contribution in [2.45, 2.75) is 25.0 Å². The number of tetrazole rings is 1. The van der Waals surface area contributed by atoms with Crippen molar-refractivity contribution in [3.8, 4) is 5.69 Å². The first-order chi connectivity index (χ1) is 10.7. The third kappa shape index (κ3) is 2.97. The third-order valence-electron chi connectivity index (χ3n) is 3.95. The Labute approximate surface area is 126 Å². The SMILES string of the molecule is O=C(N[C@@H]1C[C@H](CO)[C@H](O)C1)c1cccc(-n2cnnn2)c1. The van der Waals surface area contributed by atoms with Gasteiger partial charge in [0.1, 0.15) is 6.33 Å². The van der Waals surface area contributed by atoms with E-state index in [1.165, 1.54) is 11.0 Å². The number of hydrogen-bond donors (Lipinski definition) is 3. The lowest BCUT2D eigenvalue weighted by Gasteiger charge is -2.13. The van der Waals surface area contributed by atoms with Gasteiger partial charge in [0.2, 0.25) is 0 Å². The first-order valence-electron chi connectivity index (χ1n) is 7.10. The largest absolute Gasteiger partial charge is 0.396 e. The summed E-state index contributed by atoms with van der Waals surface area (Å²) >= 11 is 0. The normalized spacial score (nSPS) is 24.4. The topological polar surface area (TPSA) is 113 Å². The number of benzene rings is 1. The van der Waals surface area contributed by atoms with Crippen molar-refractivity contribution in [3.63, 3.8) is 0 Å². The Morgan fingerprint density at radius 3 is 2.95 bits per heavy atom. The van der Waals surface area contributed by atoms with E-state index < -0.39 is 6.10 Å². The number of carbonyl (C=O) groups excluding carboxylic acids is 1. The number of rotatable bonds is 4. The van der Waals surface area contributed by atoms with Crippen molar-refractivity contribution in [3.05, 3.63) is 36.2 Å². The molecule has 8 nitrogen and oxygen atoms in total. The molecule has 3 N–H and O–H groups in total. The van der Waals surface area contributed by atoms with Gasteiger partial charge < -0.3 is 15.5 Å². The Hall–Kier alpha value is -2.32. The van der Waals surface area contributed by atoms with E-state index in [2.05, 4.69) is 20.8 Å². The van der Waals surface area contributed by atoms with E-state index in [-0.39, 0.29) is 24.5 Å². The van der Waals surface area contributed by atoms with Crippen LogP contribution < -0.4 is 5.32 Å². The average molecular weight is 303 g/mol. The molecule has 1 aliphatic rings. The van der Waals surface area contributed by atoms with Crippen LogP contribution >= 0.6 is 0 Å². The number of amides is 1. The Bertz CT molecular complexity index is 646. The van der Waals surface area contributed by atoms with Crippen LogP contribution in [0.1, 0.15) is 23.2 Å². The first-order valence-corrected chi connectivity index (χ1v) is 7.10. The van der Waals surface area contributed by atoms with Crippen LogP contribution in [0.25, 0.3) is 5.69 Å². The lowest BCUT2D eigenvalue weighted by molar-refractivity contribution is 0.0903. The van der Waals surface area contributed by atoms with Crippen LogP contribution in [0.2, 0.25) is 0 Å². The molecule has 0 bridgehead atoms. The number of aliphatic hydroxyl groups is 2. The van der Waals surface area contributed by atoms with Gasteiger partial charge in [0.25, 0.3) is 5.91 Å². The molecule has 3 atom stereocenters. The minimum atomic E-state index is -0.567. The van der Waals surface area contributed by atoms with E-state index in [1.807, 2.05) is 0 Å². The highest BCUT2D eigenvalue weighted by atomic mass is 16.3. The van der Waals surface area contributed by atoms with E-state index in [4.69, 9.17) is 5.11 Å². The van der Waals surface area contributed by atoms with Crippen molar-refractivity contribution in [1.82, 2.24) is 25.5 Å². The molecule has 1 amide bonds. The van der Waals surface area contributed by atoms with Crippen molar-refractivity contribution in [2.24, 2.45) is 5.92 Å². The van der Waals surface area contributed by atoms with E-state index >= 15 is 0 Å². The van der Waals surface area contributed by atoms with Gasteiger partial charge in [0.05, 0.1) is 11.8 Å². The molecule has 1 aliphatic carbocycles. The fourth-order valence-corrected chi connectivity index (χ4v) is 2.75. The summed E-state index contributed by atoms with van der Waals surface area (Å²) in [5, 5.41) is 32.7. The molecule has 8 heteroatoms. The molecule has 1 heterocycles. The quantitative estimate of drug-likeness (QED) is 0.703. The maximum Gasteiger partial charge on any atom is 0.251 e. The predicted octanol–water partition coefficient (Wildman–Crippen LogP) is -0.476. The fourth-order valence-electron chi connectivity index (χ4n) is 2.75. The maximum absolute atomic E-state index is 12.3. The van der Waals surface area contributed by atoms with Gasteiger partial charge in [-0.1, -0.05) is 6.07 Å². The van der Waals surface area contributed by atoms with Crippen molar-refractivity contribution >= 4 is 5.91 Å². The molecule has 2 aromatic rings. The minimum absolute atomic E-state index is 0.0671. The Kier molecular flexibility index (Phi) is 4.12. The van der Waals surface area contributed by atoms with Gasteiger partial charge >= 0.3 is 0 Å². The summed E-state index contributed by atoms with van der Waals surface area (Å²) in [7, 11) is 0.